The van der Waals surface area contributed by atoms with Gasteiger partial charge in [-0.3, -0.25) is 9.98 Å². The highest BCUT2D eigenvalue weighted by molar-refractivity contribution is 8.14. The second-order valence-electron chi connectivity index (χ2n) is 6.28. The molecule has 4 nitrogen and oxygen atoms in total. The van der Waals surface area contributed by atoms with Gasteiger partial charge in [0.1, 0.15) is 6.04 Å². The number of thioether (sulfide) groups is 1. The van der Waals surface area contributed by atoms with Gasteiger partial charge >= 0.3 is 0 Å². The lowest BCUT2D eigenvalue weighted by atomic mass is 10.0. The molecule has 2 aromatic rings. The Morgan fingerprint density at radius 3 is 2.87 bits per heavy atom. The molecule has 1 saturated heterocycles. The standard InChI is InChI=1S/C18H22N4S/c1-4-21-12(2)8-9-15(21)17-16(14-7-5-6-10-19-14)20-18-22(17)11-13(3)23-18/h5-10,13,16-17H,4,11H2,1-3H3/t13-,16-,17-/m0/s1. The van der Waals surface area contributed by atoms with E-state index >= 15 is 0 Å². The highest BCUT2D eigenvalue weighted by atomic mass is 32.2. The predicted octanol–water partition coefficient (Wildman–Crippen LogP) is 3.80. The minimum Gasteiger partial charge on any atom is -0.347 e. The van der Waals surface area contributed by atoms with Crippen molar-refractivity contribution < 1.29 is 0 Å². The fourth-order valence-electron chi connectivity index (χ4n) is 3.72. The van der Waals surface area contributed by atoms with Gasteiger partial charge in [0.15, 0.2) is 5.17 Å². The molecule has 0 unspecified atom stereocenters. The van der Waals surface area contributed by atoms with Crippen molar-refractivity contribution in [3.05, 3.63) is 53.6 Å². The first-order chi connectivity index (χ1) is 11.2. The lowest BCUT2D eigenvalue weighted by molar-refractivity contribution is 0.306. The van der Waals surface area contributed by atoms with Gasteiger partial charge in [0.05, 0.1) is 11.7 Å². The van der Waals surface area contributed by atoms with Crippen LogP contribution in [0.15, 0.2) is 41.5 Å². The van der Waals surface area contributed by atoms with E-state index in [-0.39, 0.29) is 12.1 Å². The van der Waals surface area contributed by atoms with Crippen LogP contribution in [-0.2, 0) is 6.54 Å². The maximum atomic E-state index is 5.04. The molecule has 0 saturated carbocycles. The molecule has 0 amide bonds. The maximum absolute atomic E-state index is 5.04. The first-order valence-electron chi connectivity index (χ1n) is 8.27. The Morgan fingerprint density at radius 2 is 2.13 bits per heavy atom. The summed E-state index contributed by atoms with van der Waals surface area (Å²) in [6.07, 6.45) is 1.87. The average Bonchev–Trinajstić information content (AvgIpc) is 3.19. The molecule has 120 valence electrons. The van der Waals surface area contributed by atoms with E-state index in [0.717, 1.165) is 18.8 Å². The molecule has 2 aliphatic rings. The molecule has 23 heavy (non-hydrogen) atoms. The summed E-state index contributed by atoms with van der Waals surface area (Å²) in [5, 5.41) is 1.78. The molecule has 4 heterocycles. The van der Waals surface area contributed by atoms with Gasteiger partial charge in [-0.05, 0) is 38.1 Å². The van der Waals surface area contributed by atoms with E-state index in [0.29, 0.717) is 5.25 Å². The van der Waals surface area contributed by atoms with Crippen LogP contribution in [0.25, 0.3) is 0 Å². The van der Waals surface area contributed by atoms with E-state index in [4.69, 9.17) is 4.99 Å². The molecule has 3 atom stereocenters. The average molecular weight is 326 g/mol. The Hall–Kier alpha value is -1.75. The Kier molecular flexibility index (Phi) is 3.68. The van der Waals surface area contributed by atoms with Crippen molar-refractivity contribution in [3.63, 3.8) is 0 Å². The van der Waals surface area contributed by atoms with Crippen molar-refractivity contribution in [2.45, 2.75) is 44.6 Å². The normalized spacial score (nSPS) is 26.5. The molecule has 1 fully saturated rings. The number of fused-ring (bicyclic) bond motifs is 1. The smallest absolute Gasteiger partial charge is 0.160 e. The summed E-state index contributed by atoms with van der Waals surface area (Å²) in [5.41, 5.74) is 3.74. The van der Waals surface area contributed by atoms with Crippen molar-refractivity contribution in [3.8, 4) is 0 Å². The van der Waals surface area contributed by atoms with Crippen LogP contribution in [0.2, 0.25) is 0 Å². The number of hydrogen-bond donors (Lipinski definition) is 0. The zero-order chi connectivity index (χ0) is 16.0. The van der Waals surface area contributed by atoms with E-state index < -0.39 is 0 Å². The number of nitrogens with zero attached hydrogens (tertiary/aromatic N) is 4. The van der Waals surface area contributed by atoms with Gasteiger partial charge in [-0.2, -0.15) is 0 Å². The molecule has 0 aromatic carbocycles. The number of aromatic nitrogens is 2. The number of aliphatic imine (C=N–C) groups is 1. The fraction of sp³-hybridized carbons (Fsp3) is 0.444. The van der Waals surface area contributed by atoms with Crippen LogP contribution in [0.1, 0.15) is 43.0 Å². The summed E-state index contributed by atoms with van der Waals surface area (Å²) in [5.74, 6) is 0. The zero-order valence-electron chi connectivity index (χ0n) is 13.8. The maximum Gasteiger partial charge on any atom is 0.160 e. The topological polar surface area (TPSA) is 33.4 Å². The Balaban J connectivity index is 1.81. The van der Waals surface area contributed by atoms with Gasteiger partial charge in [0.2, 0.25) is 0 Å². The van der Waals surface area contributed by atoms with Crippen LogP contribution in [0.5, 0.6) is 0 Å². The summed E-state index contributed by atoms with van der Waals surface area (Å²) in [7, 11) is 0. The van der Waals surface area contributed by atoms with Crippen LogP contribution < -0.4 is 0 Å². The SMILES string of the molecule is CCn1c(C)ccc1[C@H]1[C@H](c2ccccn2)N=C2S[C@@H](C)CN21. The molecule has 2 aliphatic heterocycles. The van der Waals surface area contributed by atoms with Gasteiger partial charge in [-0.25, -0.2) is 0 Å². The molecule has 0 N–H and O–H groups in total. The molecule has 4 rings (SSSR count). The molecular weight excluding hydrogens is 304 g/mol. The van der Waals surface area contributed by atoms with E-state index in [1.165, 1.54) is 16.6 Å². The molecule has 0 spiro atoms. The van der Waals surface area contributed by atoms with Gasteiger partial charge in [0, 0.05) is 35.9 Å². The van der Waals surface area contributed by atoms with Gasteiger partial charge < -0.3 is 9.47 Å². The molecule has 0 radical (unpaired) electrons. The fourth-order valence-corrected chi connectivity index (χ4v) is 4.81. The monoisotopic (exact) mass is 326 g/mol. The van der Waals surface area contributed by atoms with Gasteiger partial charge in [-0.15, -0.1) is 0 Å². The number of hydrogen-bond acceptors (Lipinski definition) is 4. The summed E-state index contributed by atoms with van der Waals surface area (Å²) in [6.45, 7) is 8.73. The molecule has 0 bridgehead atoms. The van der Waals surface area contributed by atoms with Gasteiger partial charge in [-0.1, -0.05) is 24.8 Å². The summed E-state index contributed by atoms with van der Waals surface area (Å²) in [6, 6.07) is 11.0. The zero-order valence-corrected chi connectivity index (χ0v) is 14.6. The quantitative estimate of drug-likeness (QED) is 0.860. The van der Waals surface area contributed by atoms with Crippen LogP contribution in [0.3, 0.4) is 0 Å². The molecule has 5 heteroatoms. The van der Waals surface area contributed by atoms with E-state index in [2.05, 4.69) is 59.5 Å². The lowest BCUT2D eigenvalue weighted by Crippen LogP contribution is -2.30. The molecule has 2 aromatic heterocycles. The van der Waals surface area contributed by atoms with Crippen molar-refractivity contribution in [1.82, 2.24) is 14.5 Å². The highest BCUT2D eigenvalue weighted by Crippen LogP contribution is 2.47. The Bertz CT molecular complexity index is 737. The third-order valence-corrected chi connectivity index (χ3v) is 5.84. The Labute approximate surface area is 141 Å². The lowest BCUT2D eigenvalue weighted by Gasteiger charge is -2.28. The van der Waals surface area contributed by atoms with Crippen molar-refractivity contribution in [2.24, 2.45) is 4.99 Å². The summed E-state index contributed by atoms with van der Waals surface area (Å²) >= 11 is 1.89. The second-order valence-corrected chi connectivity index (χ2v) is 7.69. The number of rotatable bonds is 3. The third kappa shape index (κ3) is 2.38. The van der Waals surface area contributed by atoms with Crippen LogP contribution >= 0.6 is 11.8 Å². The van der Waals surface area contributed by atoms with Crippen LogP contribution in [0, 0.1) is 6.92 Å². The summed E-state index contributed by atoms with van der Waals surface area (Å²) < 4.78 is 2.41. The van der Waals surface area contributed by atoms with Crippen molar-refractivity contribution >= 4 is 16.9 Å². The first kappa shape index (κ1) is 14.8. The second kappa shape index (κ2) is 5.71. The minimum absolute atomic E-state index is 0.0887. The molecule has 0 aliphatic carbocycles. The summed E-state index contributed by atoms with van der Waals surface area (Å²) in [4.78, 5) is 12.1. The van der Waals surface area contributed by atoms with E-state index in [1.807, 2.05) is 24.0 Å². The Morgan fingerprint density at radius 1 is 1.26 bits per heavy atom. The van der Waals surface area contributed by atoms with E-state index in [9.17, 15) is 0 Å². The molecular formula is C18H22N4S. The highest BCUT2D eigenvalue weighted by Gasteiger charge is 2.44. The minimum atomic E-state index is 0.0887. The first-order valence-corrected chi connectivity index (χ1v) is 9.15. The van der Waals surface area contributed by atoms with Crippen LogP contribution in [0.4, 0.5) is 0 Å². The van der Waals surface area contributed by atoms with Crippen molar-refractivity contribution in [2.75, 3.05) is 6.54 Å². The largest absolute Gasteiger partial charge is 0.347 e. The number of pyridine rings is 1. The van der Waals surface area contributed by atoms with Crippen molar-refractivity contribution in [1.29, 1.82) is 0 Å². The van der Waals surface area contributed by atoms with Gasteiger partial charge in [0.25, 0.3) is 0 Å². The van der Waals surface area contributed by atoms with E-state index in [1.54, 1.807) is 0 Å². The number of aryl methyl sites for hydroxylation is 1. The number of amidine groups is 1. The third-order valence-electron chi connectivity index (χ3n) is 4.73. The predicted molar refractivity (Wildman–Crippen MR) is 95.8 cm³/mol. The van der Waals surface area contributed by atoms with Crippen LogP contribution in [-0.4, -0.2) is 31.4 Å².